The minimum Gasteiger partial charge on any atom is -0.0805 e. The van der Waals surface area contributed by atoms with E-state index in [0.29, 0.717) is 5.92 Å². The first-order chi connectivity index (χ1) is 4.80. The van der Waals surface area contributed by atoms with Crippen LogP contribution in [0, 0.1) is 5.92 Å². The van der Waals surface area contributed by atoms with E-state index in [1.165, 1.54) is 5.57 Å². The van der Waals surface area contributed by atoms with E-state index >= 15 is 0 Å². The van der Waals surface area contributed by atoms with Crippen LogP contribution in [0.1, 0.15) is 34.1 Å². The van der Waals surface area contributed by atoms with Crippen molar-refractivity contribution in [2.45, 2.75) is 34.1 Å². The van der Waals surface area contributed by atoms with Crippen LogP contribution in [-0.4, -0.2) is 0 Å². The lowest BCUT2D eigenvalue weighted by molar-refractivity contribution is 0.793. The van der Waals surface area contributed by atoms with Crippen LogP contribution in [0.4, 0.5) is 0 Å². The summed E-state index contributed by atoms with van der Waals surface area (Å²) in [5.41, 5.74) is 1.49. The highest BCUT2D eigenvalue weighted by atomic mass is 14.1. The minimum absolute atomic E-state index is 0.716. The molecule has 0 heterocycles. The maximum absolute atomic E-state index is 2.28. The van der Waals surface area contributed by atoms with Gasteiger partial charge in [-0.1, -0.05) is 45.9 Å². The molecular formula is C10H18. The molecule has 0 spiro atoms. The Kier molecular flexibility index (Phi) is 5.00. The SMILES string of the molecule is CC.CC(C)C1=CCC=C1. The minimum atomic E-state index is 0.716. The lowest BCUT2D eigenvalue weighted by atomic mass is 10.1. The predicted molar refractivity (Wildman–Crippen MR) is 48.0 cm³/mol. The molecule has 0 aliphatic heterocycles. The van der Waals surface area contributed by atoms with Gasteiger partial charge in [-0.3, -0.25) is 0 Å². The molecule has 0 bridgehead atoms. The maximum atomic E-state index is 2.28. The van der Waals surface area contributed by atoms with E-state index in [4.69, 9.17) is 0 Å². The van der Waals surface area contributed by atoms with Gasteiger partial charge in [0.05, 0.1) is 0 Å². The molecule has 0 aromatic carbocycles. The second-order valence-corrected chi connectivity index (χ2v) is 2.50. The lowest BCUT2D eigenvalue weighted by Gasteiger charge is -1.99. The van der Waals surface area contributed by atoms with Crippen molar-refractivity contribution >= 4 is 0 Å². The Bertz CT molecular complexity index is 127. The molecule has 0 nitrogen and oxygen atoms in total. The molecule has 0 saturated carbocycles. The van der Waals surface area contributed by atoms with E-state index in [9.17, 15) is 0 Å². The molecule has 0 aromatic rings. The largest absolute Gasteiger partial charge is 0.0805 e. The second kappa shape index (κ2) is 5.28. The zero-order chi connectivity index (χ0) is 7.98. The summed E-state index contributed by atoms with van der Waals surface area (Å²) in [6.45, 7) is 8.45. The van der Waals surface area contributed by atoms with E-state index in [2.05, 4.69) is 32.1 Å². The summed E-state index contributed by atoms with van der Waals surface area (Å²) in [4.78, 5) is 0. The van der Waals surface area contributed by atoms with Crippen LogP contribution in [0.5, 0.6) is 0 Å². The molecule has 0 amide bonds. The molecule has 1 rings (SSSR count). The Balaban J connectivity index is 0.000000371. The van der Waals surface area contributed by atoms with Gasteiger partial charge in [0.2, 0.25) is 0 Å². The highest BCUT2D eigenvalue weighted by Gasteiger charge is 2.00. The van der Waals surface area contributed by atoms with Crippen molar-refractivity contribution in [1.29, 1.82) is 0 Å². The summed E-state index contributed by atoms with van der Waals surface area (Å²) >= 11 is 0. The Labute approximate surface area is 64.6 Å². The van der Waals surface area contributed by atoms with Crippen LogP contribution in [0.2, 0.25) is 0 Å². The molecule has 0 radical (unpaired) electrons. The van der Waals surface area contributed by atoms with Crippen molar-refractivity contribution in [3.63, 3.8) is 0 Å². The first-order valence-corrected chi connectivity index (χ1v) is 4.17. The van der Waals surface area contributed by atoms with Crippen LogP contribution in [0.3, 0.4) is 0 Å². The van der Waals surface area contributed by atoms with E-state index < -0.39 is 0 Å². The van der Waals surface area contributed by atoms with Crippen LogP contribution < -0.4 is 0 Å². The molecule has 0 saturated heterocycles. The Morgan fingerprint density at radius 1 is 1.30 bits per heavy atom. The van der Waals surface area contributed by atoms with Gasteiger partial charge in [-0.05, 0) is 17.9 Å². The number of hydrogen-bond donors (Lipinski definition) is 0. The van der Waals surface area contributed by atoms with Crippen LogP contribution >= 0.6 is 0 Å². The van der Waals surface area contributed by atoms with Gasteiger partial charge in [0.25, 0.3) is 0 Å². The monoisotopic (exact) mass is 138 g/mol. The van der Waals surface area contributed by atoms with Crippen molar-refractivity contribution in [3.8, 4) is 0 Å². The average Bonchev–Trinajstić information content (AvgIpc) is 2.42. The molecule has 0 N–H and O–H groups in total. The zero-order valence-electron chi connectivity index (χ0n) is 7.52. The molecule has 0 unspecified atom stereocenters. The van der Waals surface area contributed by atoms with Gasteiger partial charge in [0, 0.05) is 0 Å². The molecule has 0 aromatic heterocycles. The number of rotatable bonds is 1. The van der Waals surface area contributed by atoms with Crippen molar-refractivity contribution in [1.82, 2.24) is 0 Å². The van der Waals surface area contributed by atoms with Gasteiger partial charge in [0.15, 0.2) is 0 Å². The van der Waals surface area contributed by atoms with Gasteiger partial charge in [-0.2, -0.15) is 0 Å². The lowest BCUT2D eigenvalue weighted by Crippen LogP contribution is -1.85. The third kappa shape index (κ3) is 2.86. The van der Waals surface area contributed by atoms with Gasteiger partial charge in [-0.15, -0.1) is 0 Å². The standard InChI is InChI=1S/C8H12.C2H6/c1-7(2)8-5-3-4-6-8;1-2/h3,5-7H,4H2,1-2H3;1-2H3. The third-order valence-corrected chi connectivity index (χ3v) is 1.47. The van der Waals surface area contributed by atoms with Crippen molar-refractivity contribution in [2.75, 3.05) is 0 Å². The van der Waals surface area contributed by atoms with Gasteiger partial charge in [0.1, 0.15) is 0 Å². The quantitative estimate of drug-likeness (QED) is 0.519. The summed E-state index contributed by atoms with van der Waals surface area (Å²) in [5.74, 6) is 0.716. The fourth-order valence-electron chi connectivity index (χ4n) is 0.904. The molecular weight excluding hydrogens is 120 g/mol. The summed E-state index contributed by atoms with van der Waals surface area (Å²) in [5, 5.41) is 0. The Morgan fingerprint density at radius 2 is 1.90 bits per heavy atom. The fraction of sp³-hybridized carbons (Fsp3) is 0.600. The smallest absolute Gasteiger partial charge is 0.0160 e. The highest BCUT2D eigenvalue weighted by Crippen LogP contribution is 2.16. The maximum Gasteiger partial charge on any atom is -0.0160 e. The highest BCUT2D eigenvalue weighted by molar-refractivity contribution is 5.27. The summed E-state index contributed by atoms with van der Waals surface area (Å²) in [6, 6.07) is 0. The molecule has 10 heavy (non-hydrogen) atoms. The van der Waals surface area contributed by atoms with Crippen LogP contribution in [0.25, 0.3) is 0 Å². The van der Waals surface area contributed by atoms with Crippen LogP contribution in [-0.2, 0) is 0 Å². The van der Waals surface area contributed by atoms with E-state index in [1.807, 2.05) is 13.8 Å². The summed E-state index contributed by atoms with van der Waals surface area (Å²) in [6.07, 6.45) is 7.85. The van der Waals surface area contributed by atoms with Crippen molar-refractivity contribution < 1.29 is 0 Å². The van der Waals surface area contributed by atoms with E-state index in [1.54, 1.807) is 0 Å². The first-order valence-electron chi connectivity index (χ1n) is 4.17. The summed E-state index contributed by atoms with van der Waals surface area (Å²) < 4.78 is 0. The van der Waals surface area contributed by atoms with Gasteiger partial charge >= 0.3 is 0 Å². The van der Waals surface area contributed by atoms with Gasteiger partial charge < -0.3 is 0 Å². The molecule has 0 fully saturated rings. The van der Waals surface area contributed by atoms with Crippen LogP contribution in [0.15, 0.2) is 23.8 Å². The average molecular weight is 138 g/mol. The number of allylic oxidation sites excluding steroid dienone is 4. The Morgan fingerprint density at radius 3 is 2.10 bits per heavy atom. The van der Waals surface area contributed by atoms with Crippen molar-refractivity contribution in [2.24, 2.45) is 5.92 Å². The number of hydrogen-bond acceptors (Lipinski definition) is 0. The topological polar surface area (TPSA) is 0 Å². The van der Waals surface area contributed by atoms with E-state index in [0.717, 1.165) is 6.42 Å². The van der Waals surface area contributed by atoms with Gasteiger partial charge in [-0.25, -0.2) is 0 Å². The molecule has 0 atom stereocenters. The Hall–Kier alpha value is -0.520. The molecule has 0 heteroatoms. The second-order valence-electron chi connectivity index (χ2n) is 2.50. The summed E-state index contributed by atoms with van der Waals surface area (Å²) in [7, 11) is 0. The molecule has 1 aliphatic rings. The predicted octanol–water partition coefficient (Wildman–Crippen LogP) is 3.55. The molecule has 1 aliphatic carbocycles. The fourth-order valence-corrected chi connectivity index (χ4v) is 0.904. The molecule has 58 valence electrons. The third-order valence-electron chi connectivity index (χ3n) is 1.47. The van der Waals surface area contributed by atoms with E-state index in [-0.39, 0.29) is 0 Å². The normalized spacial score (nSPS) is 14.7. The first kappa shape index (κ1) is 9.48. The zero-order valence-corrected chi connectivity index (χ0v) is 7.52. The van der Waals surface area contributed by atoms with Crippen molar-refractivity contribution in [3.05, 3.63) is 23.8 Å².